The van der Waals surface area contributed by atoms with E-state index in [2.05, 4.69) is 48.0 Å². The van der Waals surface area contributed by atoms with Gasteiger partial charge in [0.25, 0.3) is 0 Å². The Labute approximate surface area is 159 Å². The molecule has 1 N–H and O–H groups in total. The molecular weight excluding hydrogens is 344 g/mol. The van der Waals surface area contributed by atoms with Crippen LogP contribution in [0.5, 0.6) is 0 Å². The van der Waals surface area contributed by atoms with E-state index in [9.17, 15) is 4.79 Å². The fourth-order valence-corrected chi connectivity index (χ4v) is 4.91. The minimum Gasteiger partial charge on any atom is -0.375 e. The molecule has 0 aliphatic carbocycles. The predicted octanol–water partition coefficient (Wildman–Crippen LogP) is 4.50. The Morgan fingerprint density at radius 3 is 2.73 bits per heavy atom. The first-order valence-electron chi connectivity index (χ1n) is 9.45. The van der Waals surface area contributed by atoms with Crippen molar-refractivity contribution in [3.8, 4) is 0 Å². The molecule has 1 atom stereocenters. The molecule has 1 aromatic heterocycles. The number of carbonyl (C=O) groups is 1. The number of piperidine rings is 1. The number of nitrogens with one attached hydrogen (secondary N) is 1. The standard InChI is InChI=1S/C21H26N2O2S/c1-16-5-2-6-17(15-16)19(18-7-3-14-26-18)22-20(24)23-11-9-21(10-12-23)8-4-13-25-21/h2-3,5-7,14-15,19H,4,8-13H2,1H3,(H,22,24)/t19-/m1/s1. The van der Waals surface area contributed by atoms with Crippen LogP contribution < -0.4 is 5.32 Å². The first kappa shape index (κ1) is 17.6. The summed E-state index contributed by atoms with van der Waals surface area (Å²) in [7, 11) is 0. The van der Waals surface area contributed by atoms with Crippen LogP contribution in [0.3, 0.4) is 0 Å². The zero-order valence-electron chi connectivity index (χ0n) is 15.2. The zero-order valence-corrected chi connectivity index (χ0v) is 16.1. The number of hydrogen-bond acceptors (Lipinski definition) is 3. The van der Waals surface area contributed by atoms with E-state index in [1.165, 1.54) is 5.56 Å². The van der Waals surface area contributed by atoms with Gasteiger partial charge in [-0.25, -0.2) is 4.79 Å². The summed E-state index contributed by atoms with van der Waals surface area (Å²) in [5.41, 5.74) is 2.38. The van der Waals surface area contributed by atoms with Crippen LogP contribution in [0.25, 0.3) is 0 Å². The summed E-state index contributed by atoms with van der Waals surface area (Å²) in [6, 6.07) is 12.4. The molecule has 2 amide bonds. The number of carbonyl (C=O) groups excluding carboxylic acids is 1. The summed E-state index contributed by atoms with van der Waals surface area (Å²) in [4.78, 5) is 16.1. The van der Waals surface area contributed by atoms with Crippen molar-refractivity contribution < 1.29 is 9.53 Å². The molecule has 4 rings (SSSR count). The Morgan fingerprint density at radius 1 is 1.23 bits per heavy atom. The normalized spacial score (nSPS) is 20.3. The van der Waals surface area contributed by atoms with Crippen LogP contribution in [-0.2, 0) is 4.74 Å². The second-order valence-corrected chi connectivity index (χ2v) is 8.41. The van der Waals surface area contributed by atoms with Crippen molar-refractivity contribution in [3.63, 3.8) is 0 Å². The highest BCUT2D eigenvalue weighted by Crippen LogP contribution is 2.36. The van der Waals surface area contributed by atoms with E-state index in [0.717, 1.165) is 55.8 Å². The Bertz CT molecular complexity index is 743. The largest absolute Gasteiger partial charge is 0.375 e. The van der Waals surface area contributed by atoms with Gasteiger partial charge in [-0.3, -0.25) is 0 Å². The van der Waals surface area contributed by atoms with Gasteiger partial charge in [-0.2, -0.15) is 0 Å². The molecule has 2 aromatic rings. The predicted molar refractivity (Wildman–Crippen MR) is 105 cm³/mol. The lowest BCUT2D eigenvalue weighted by Crippen LogP contribution is -2.50. The number of rotatable bonds is 3. The molecule has 2 saturated heterocycles. The van der Waals surface area contributed by atoms with Gasteiger partial charge in [-0.05, 0) is 49.6 Å². The molecule has 138 valence electrons. The molecule has 5 heteroatoms. The maximum absolute atomic E-state index is 12.9. The lowest BCUT2D eigenvalue weighted by atomic mass is 9.89. The third-order valence-corrected chi connectivity index (χ3v) is 6.56. The number of ether oxygens (including phenoxy) is 1. The Morgan fingerprint density at radius 2 is 2.08 bits per heavy atom. The van der Waals surface area contributed by atoms with Crippen molar-refractivity contribution in [2.45, 2.75) is 44.2 Å². The molecule has 0 radical (unpaired) electrons. The summed E-state index contributed by atoms with van der Waals surface area (Å²) in [5, 5.41) is 5.33. The van der Waals surface area contributed by atoms with Crippen molar-refractivity contribution in [1.82, 2.24) is 10.2 Å². The fraction of sp³-hybridized carbons (Fsp3) is 0.476. The maximum atomic E-state index is 12.9. The molecule has 3 heterocycles. The Hall–Kier alpha value is -1.85. The van der Waals surface area contributed by atoms with Gasteiger partial charge in [-0.15, -0.1) is 11.3 Å². The van der Waals surface area contributed by atoms with E-state index in [-0.39, 0.29) is 17.7 Å². The van der Waals surface area contributed by atoms with Gasteiger partial charge in [-0.1, -0.05) is 35.9 Å². The molecule has 1 aromatic carbocycles. The molecule has 26 heavy (non-hydrogen) atoms. The second kappa shape index (κ2) is 7.41. The fourth-order valence-electron chi connectivity index (χ4n) is 4.11. The highest BCUT2D eigenvalue weighted by molar-refractivity contribution is 7.10. The van der Waals surface area contributed by atoms with E-state index >= 15 is 0 Å². The van der Waals surface area contributed by atoms with Gasteiger partial charge in [0.15, 0.2) is 0 Å². The van der Waals surface area contributed by atoms with Crippen LogP contribution in [0, 0.1) is 6.92 Å². The van der Waals surface area contributed by atoms with Gasteiger partial charge in [0.2, 0.25) is 0 Å². The third-order valence-electron chi connectivity index (χ3n) is 5.62. The lowest BCUT2D eigenvalue weighted by Gasteiger charge is -2.39. The van der Waals surface area contributed by atoms with Crippen molar-refractivity contribution in [1.29, 1.82) is 0 Å². The van der Waals surface area contributed by atoms with Gasteiger partial charge in [0.05, 0.1) is 11.6 Å². The average molecular weight is 371 g/mol. The first-order valence-corrected chi connectivity index (χ1v) is 10.3. The summed E-state index contributed by atoms with van der Waals surface area (Å²) in [6.45, 7) is 4.51. The monoisotopic (exact) mass is 370 g/mol. The molecule has 4 nitrogen and oxygen atoms in total. The molecule has 0 unspecified atom stereocenters. The maximum Gasteiger partial charge on any atom is 0.318 e. The molecule has 1 spiro atoms. The zero-order chi connectivity index (χ0) is 18.0. The second-order valence-electron chi connectivity index (χ2n) is 7.43. The number of urea groups is 1. The Kier molecular flexibility index (Phi) is 5.00. The van der Waals surface area contributed by atoms with Gasteiger partial charge < -0.3 is 15.0 Å². The third kappa shape index (κ3) is 3.64. The van der Waals surface area contributed by atoms with Gasteiger partial charge >= 0.3 is 6.03 Å². The van der Waals surface area contributed by atoms with Crippen LogP contribution in [0.1, 0.15) is 47.7 Å². The molecule has 2 fully saturated rings. The number of likely N-dealkylation sites (tertiary alicyclic amines) is 1. The van der Waals surface area contributed by atoms with E-state index in [0.29, 0.717) is 0 Å². The average Bonchev–Trinajstić information content (AvgIpc) is 3.33. The number of aryl methyl sites for hydroxylation is 1. The molecule has 0 saturated carbocycles. The van der Waals surface area contributed by atoms with Crippen LogP contribution in [0.15, 0.2) is 41.8 Å². The van der Waals surface area contributed by atoms with Gasteiger partial charge in [0.1, 0.15) is 0 Å². The molecular formula is C21H26N2O2S. The summed E-state index contributed by atoms with van der Waals surface area (Å²) in [6.07, 6.45) is 4.20. The van der Waals surface area contributed by atoms with Gasteiger partial charge in [0, 0.05) is 24.6 Å². The van der Waals surface area contributed by atoms with E-state index in [1.807, 2.05) is 11.0 Å². The van der Waals surface area contributed by atoms with E-state index < -0.39 is 0 Å². The van der Waals surface area contributed by atoms with E-state index in [4.69, 9.17) is 4.74 Å². The SMILES string of the molecule is Cc1cccc([C@@H](NC(=O)N2CCC3(CCCO3)CC2)c2cccs2)c1. The minimum absolute atomic E-state index is 0.0257. The van der Waals surface area contributed by atoms with Crippen LogP contribution in [-0.4, -0.2) is 36.2 Å². The quantitative estimate of drug-likeness (QED) is 0.864. The number of nitrogens with zero attached hydrogens (tertiary/aromatic N) is 1. The van der Waals surface area contributed by atoms with E-state index in [1.54, 1.807) is 11.3 Å². The number of hydrogen-bond donors (Lipinski definition) is 1. The lowest BCUT2D eigenvalue weighted by molar-refractivity contribution is -0.0362. The summed E-state index contributed by atoms with van der Waals surface area (Å²) in [5.74, 6) is 0. The van der Waals surface area contributed by atoms with Crippen LogP contribution >= 0.6 is 11.3 Å². The van der Waals surface area contributed by atoms with Crippen LogP contribution in [0.4, 0.5) is 4.79 Å². The molecule has 2 aliphatic rings. The highest BCUT2D eigenvalue weighted by Gasteiger charge is 2.39. The van der Waals surface area contributed by atoms with Crippen molar-refractivity contribution >= 4 is 17.4 Å². The first-order chi connectivity index (χ1) is 12.7. The summed E-state index contributed by atoms with van der Waals surface area (Å²) < 4.78 is 5.98. The van der Waals surface area contributed by atoms with Crippen molar-refractivity contribution in [2.24, 2.45) is 0 Å². The highest BCUT2D eigenvalue weighted by atomic mass is 32.1. The Balaban J connectivity index is 1.47. The summed E-state index contributed by atoms with van der Waals surface area (Å²) >= 11 is 1.68. The minimum atomic E-state index is -0.0963. The topological polar surface area (TPSA) is 41.6 Å². The molecule has 2 aliphatic heterocycles. The number of benzene rings is 1. The van der Waals surface area contributed by atoms with Crippen LogP contribution in [0.2, 0.25) is 0 Å². The smallest absolute Gasteiger partial charge is 0.318 e. The van der Waals surface area contributed by atoms with Crippen molar-refractivity contribution in [3.05, 3.63) is 57.8 Å². The molecule has 0 bridgehead atoms. The van der Waals surface area contributed by atoms with Crippen molar-refractivity contribution in [2.75, 3.05) is 19.7 Å². The number of thiophene rings is 1. The number of amides is 2.